The van der Waals surface area contributed by atoms with Crippen molar-refractivity contribution in [2.75, 3.05) is 31.1 Å². The van der Waals surface area contributed by atoms with Gasteiger partial charge in [-0.2, -0.15) is 0 Å². The Morgan fingerprint density at radius 3 is 2.47 bits per heavy atom. The smallest absolute Gasteiger partial charge is 0.151 e. The monoisotopic (exact) mass is 256 g/mol. The number of sulfone groups is 1. The lowest BCUT2D eigenvalue weighted by Crippen LogP contribution is -2.40. The summed E-state index contributed by atoms with van der Waals surface area (Å²) in [5.41, 5.74) is 5.50. The Kier molecular flexibility index (Phi) is 6.75. The summed E-state index contributed by atoms with van der Waals surface area (Å²) in [4.78, 5) is 2.21. The van der Waals surface area contributed by atoms with Gasteiger partial charge in [-0.15, -0.1) is 12.4 Å². The normalized spacial score (nSPS) is 24.1. The van der Waals surface area contributed by atoms with Crippen molar-refractivity contribution in [2.24, 2.45) is 5.73 Å². The van der Waals surface area contributed by atoms with E-state index in [1.807, 2.05) is 0 Å². The molecule has 6 heteroatoms. The van der Waals surface area contributed by atoms with Crippen molar-refractivity contribution in [3.8, 4) is 0 Å². The zero-order valence-corrected chi connectivity index (χ0v) is 10.8. The van der Waals surface area contributed by atoms with Crippen molar-refractivity contribution in [3.05, 3.63) is 0 Å². The number of rotatable bonds is 5. The van der Waals surface area contributed by atoms with Gasteiger partial charge in [0.05, 0.1) is 11.5 Å². The highest BCUT2D eigenvalue weighted by Gasteiger charge is 2.31. The van der Waals surface area contributed by atoms with Crippen LogP contribution in [0.2, 0.25) is 0 Å². The van der Waals surface area contributed by atoms with Crippen LogP contribution in [-0.4, -0.2) is 50.5 Å². The van der Waals surface area contributed by atoms with Crippen LogP contribution in [0.25, 0.3) is 0 Å². The van der Waals surface area contributed by atoms with Gasteiger partial charge in [0.1, 0.15) is 0 Å². The number of nitrogens with two attached hydrogens (primary N) is 1. The van der Waals surface area contributed by atoms with Gasteiger partial charge < -0.3 is 5.73 Å². The molecule has 0 aromatic rings. The fraction of sp³-hybridized carbons (Fsp3) is 1.00. The summed E-state index contributed by atoms with van der Waals surface area (Å²) in [6, 6.07) is 0.212. The molecule has 1 atom stereocenters. The maximum atomic E-state index is 11.3. The number of hydrogen-bond donors (Lipinski definition) is 1. The molecule has 1 aliphatic rings. The zero-order valence-electron chi connectivity index (χ0n) is 9.18. The molecule has 0 saturated carbocycles. The number of halogens is 1. The van der Waals surface area contributed by atoms with Gasteiger partial charge in [-0.3, -0.25) is 4.90 Å². The molecule has 4 nitrogen and oxygen atoms in total. The van der Waals surface area contributed by atoms with Crippen LogP contribution in [0.15, 0.2) is 0 Å². The lowest BCUT2D eigenvalue weighted by Gasteiger charge is -2.26. The van der Waals surface area contributed by atoms with Crippen LogP contribution in [0.3, 0.4) is 0 Å². The van der Waals surface area contributed by atoms with Crippen LogP contribution in [0.1, 0.15) is 19.8 Å². The van der Waals surface area contributed by atoms with Crippen LogP contribution in [-0.2, 0) is 9.84 Å². The van der Waals surface area contributed by atoms with E-state index >= 15 is 0 Å². The van der Waals surface area contributed by atoms with Crippen molar-refractivity contribution in [3.63, 3.8) is 0 Å². The predicted molar refractivity (Wildman–Crippen MR) is 65.2 cm³/mol. The minimum absolute atomic E-state index is 0. The van der Waals surface area contributed by atoms with Gasteiger partial charge in [0.25, 0.3) is 0 Å². The highest BCUT2D eigenvalue weighted by molar-refractivity contribution is 7.91. The summed E-state index contributed by atoms with van der Waals surface area (Å²) >= 11 is 0. The molecule has 2 N–H and O–H groups in total. The van der Waals surface area contributed by atoms with Crippen molar-refractivity contribution in [1.29, 1.82) is 0 Å². The Labute approximate surface area is 98.5 Å². The van der Waals surface area contributed by atoms with E-state index in [4.69, 9.17) is 5.73 Å². The van der Waals surface area contributed by atoms with Gasteiger partial charge in [0.15, 0.2) is 9.84 Å². The van der Waals surface area contributed by atoms with Crippen molar-refractivity contribution in [2.45, 2.75) is 25.8 Å². The second-order valence-electron chi connectivity index (χ2n) is 3.88. The van der Waals surface area contributed by atoms with Crippen LogP contribution in [0.4, 0.5) is 0 Å². The molecule has 0 bridgehead atoms. The molecular weight excluding hydrogens is 236 g/mol. The topological polar surface area (TPSA) is 63.4 Å². The third-order valence-electron chi connectivity index (χ3n) is 2.65. The fourth-order valence-electron chi connectivity index (χ4n) is 1.99. The maximum Gasteiger partial charge on any atom is 0.151 e. The molecule has 0 aliphatic carbocycles. The Balaban J connectivity index is 0.00000196. The Hall–Kier alpha value is 0.160. The van der Waals surface area contributed by atoms with E-state index in [1.54, 1.807) is 0 Å². The largest absolute Gasteiger partial charge is 0.329 e. The van der Waals surface area contributed by atoms with E-state index < -0.39 is 9.84 Å². The van der Waals surface area contributed by atoms with E-state index in [1.165, 1.54) is 0 Å². The first-order valence-corrected chi connectivity index (χ1v) is 7.05. The van der Waals surface area contributed by atoms with E-state index in [0.29, 0.717) is 18.1 Å². The molecular formula is C9H21ClN2O2S. The summed E-state index contributed by atoms with van der Waals surface area (Å²) in [5.74, 6) is 0.676. The van der Waals surface area contributed by atoms with Gasteiger partial charge in [-0.1, -0.05) is 6.92 Å². The van der Waals surface area contributed by atoms with Crippen LogP contribution in [0.5, 0.6) is 0 Å². The fourth-order valence-corrected chi connectivity index (χ4v) is 3.75. The average molecular weight is 257 g/mol. The van der Waals surface area contributed by atoms with Crippen LogP contribution < -0.4 is 5.73 Å². The molecule has 1 unspecified atom stereocenters. The third-order valence-corrected chi connectivity index (χ3v) is 4.40. The lowest BCUT2D eigenvalue weighted by atomic mass is 10.2. The molecule has 1 aliphatic heterocycles. The first-order valence-electron chi connectivity index (χ1n) is 5.23. The second-order valence-corrected chi connectivity index (χ2v) is 6.11. The van der Waals surface area contributed by atoms with Gasteiger partial charge in [0.2, 0.25) is 0 Å². The standard InChI is InChI=1S/C9H20N2O2S.ClH/c1-2-5-11(6-4-10)9-3-7-14(12,13)8-9;/h9H,2-8,10H2,1H3;1H. The Morgan fingerprint density at radius 1 is 1.40 bits per heavy atom. The molecule has 15 heavy (non-hydrogen) atoms. The molecule has 0 aromatic heterocycles. The Morgan fingerprint density at radius 2 is 2.07 bits per heavy atom. The highest BCUT2D eigenvalue weighted by Crippen LogP contribution is 2.17. The van der Waals surface area contributed by atoms with E-state index in [-0.39, 0.29) is 18.4 Å². The van der Waals surface area contributed by atoms with Crippen LogP contribution >= 0.6 is 12.4 Å². The quantitative estimate of drug-likeness (QED) is 0.767. The molecule has 0 radical (unpaired) electrons. The SMILES string of the molecule is CCCN(CCN)C1CCS(=O)(=O)C1.Cl. The van der Waals surface area contributed by atoms with Gasteiger partial charge in [-0.05, 0) is 19.4 Å². The minimum atomic E-state index is -2.76. The second kappa shape index (κ2) is 6.68. The maximum absolute atomic E-state index is 11.3. The Bertz CT molecular complexity index is 263. The third kappa shape index (κ3) is 4.68. The molecule has 0 amide bonds. The molecule has 0 spiro atoms. The molecule has 0 aromatic carbocycles. The van der Waals surface area contributed by atoms with Gasteiger partial charge in [-0.25, -0.2) is 8.42 Å². The molecule has 1 heterocycles. The first-order chi connectivity index (χ1) is 6.59. The molecule has 1 rings (SSSR count). The summed E-state index contributed by atoms with van der Waals surface area (Å²) in [6.07, 6.45) is 1.83. The zero-order chi connectivity index (χ0) is 10.6. The highest BCUT2D eigenvalue weighted by atomic mass is 35.5. The summed E-state index contributed by atoms with van der Waals surface area (Å²) in [5, 5.41) is 0. The predicted octanol–water partition coefficient (Wildman–Crippen LogP) is 0.266. The summed E-state index contributed by atoms with van der Waals surface area (Å²) in [6.45, 7) is 4.48. The van der Waals surface area contributed by atoms with Crippen LogP contribution in [0, 0.1) is 0 Å². The first kappa shape index (κ1) is 15.2. The van der Waals surface area contributed by atoms with E-state index in [0.717, 1.165) is 25.9 Å². The molecule has 92 valence electrons. The number of nitrogens with zero attached hydrogens (tertiary/aromatic N) is 1. The number of hydrogen-bond acceptors (Lipinski definition) is 4. The average Bonchev–Trinajstić information content (AvgIpc) is 2.46. The minimum Gasteiger partial charge on any atom is -0.329 e. The summed E-state index contributed by atoms with van der Waals surface area (Å²) in [7, 11) is -2.76. The van der Waals surface area contributed by atoms with E-state index in [9.17, 15) is 8.42 Å². The van der Waals surface area contributed by atoms with Crippen molar-refractivity contribution >= 4 is 22.2 Å². The molecule has 1 saturated heterocycles. The van der Waals surface area contributed by atoms with Crippen molar-refractivity contribution in [1.82, 2.24) is 4.90 Å². The van der Waals surface area contributed by atoms with Crippen molar-refractivity contribution < 1.29 is 8.42 Å². The summed E-state index contributed by atoms with van der Waals surface area (Å²) < 4.78 is 22.6. The lowest BCUT2D eigenvalue weighted by molar-refractivity contribution is 0.218. The van der Waals surface area contributed by atoms with Gasteiger partial charge in [0, 0.05) is 19.1 Å². The van der Waals surface area contributed by atoms with Gasteiger partial charge >= 0.3 is 0 Å². The van der Waals surface area contributed by atoms with E-state index in [2.05, 4.69) is 11.8 Å². The molecule has 1 fully saturated rings.